The predicted molar refractivity (Wildman–Crippen MR) is 76.4 cm³/mol. The van der Waals surface area contributed by atoms with Crippen LogP contribution in [0.25, 0.3) is 0 Å². The molecule has 0 saturated heterocycles. The minimum Gasteiger partial charge on any atom is -0.296 e. The average Bonchev–Trinajstić information content (AvgIpc) is 2.30. The van der Waals surface area contributed by atoms with Gasteiger partial charge in [-0.2, -0.15) is 5.26 Å². The van der Waals surface area contributed by atoms with E-state index in [0.717, 1.165) is 6.26 Å². The molecule has 1 unspecified atom stereocenters. The van der Waals surface area contributed by atoms with E-state index in [0.29, 0.717) is 10.0 Å². The molecule has 1 aromatic rings. The number of rotatable bonds is 4. The number of hydrogen-bond acceptors (Lipinski definition) is 4. The van der Waals surface area contributed by atoms with E-state index in [1.807, 2.05) is 6.07 Å². The number of carbonyl (C=O) groups excluding carboxylic acids is 1. The van der Waals surface area contributed by atoms with Gasteiger partial charge in [-0.15, -0.1) is 0 Å². The number of sulfone groups is 1. The lowest BCUT2D eigenvalue weighted by molar-refractivity contribution is -0.121. The first-order chi connectivity index (χ1) is 8.63. The van der Waals surface area contributed by atoms with Crippen molar-refractivity contribution in [1.82, 2.24) is 0 Å². The van der Waals surface area contributed by atoms with Crippen LogP contribution in [-0.2, 0) is 14.6 Å². The van der Waals surface area contributed by atoms with Gasteiger partial charge in [0.1, 0.15) is 10.7 Å². The normalized spacial score (nSPS) is 13.6. The summed E-state index contributed by atoms with van der Waals surface area (Å²) in [6.07, 6.45) is 0.999. The third-order valence-electron chi connectivity index (χ3n) is 3.13. The van der Waals surface area contributed by atoms with E-state index in [-0.39, 0.29) is 0 Å². The van der Waals surface area contributed by atoms with E-state index in [1.165, 1.54) is 13.8 Å². The van der Waals surface area contributed by atoms with Crippen molar-refractivity contribution in [2.24, 2.45) is 0 Å². The number of ketones is 1. The zero-order chi connectivity index (χ0) is 14.8. The van der Waals surface area contributed by atoms with Gasteiger partial charge in [-0.1, -0.05) is 34.1 Å². The molecular formula is C13H14BrNO3S. The van der Waals surface area contributed by atoms with Gasteiger partial charge in [0, 0.05) is 10.7 Å². The second-order valence-corrected chi connectivity index (χ2v) is 8.15. The zero-order valence-corrected chi connectivity index (χ0v) is 13.2. The van der Waals surface area contributed by atoms with Gasteiger partial charge in [-0.3, -0.25) is 4.79 Å². The maximum atomic E-state index is 12.4. The molecule has 0 amide bonds. The summed E-state index contributed by atoms with van der Waals surface area (Å²) in [7, 11) is -3.59. The molecule has 0 spiro atoms. The van der Waals surface area contributed by atoms with E-state index >= 15 is 0 Å². The maximum Gasteiger partial charge on any atom is 0.175 e. The molecule has 0 aliphatic heterocycles. The summed E-state index contributed by atoms with van der Waals surface area (Å²) in [4.78, 5) is 12.4. The van der Waals surface area contributed by atoms with Crippen LogP contribution in [0.3, 0.4) is 0 Å². The van der Waals surface area contributed by atoms with Crippen molar-refractivity contribution in [2.75, 3.05) is 6.26 Å². The fourth-order valence-electron chi connectivity index (χ4n) is 1.51. The van der Waals surface area contributed by atoms with Crippen LogP contribution in [0.15, 0.2) is 28.7 Å². The zero-order valence-electron chi connectivity index (χ0n) is 10.8. The Hall–Kier alpha value is -1.19. The predicted octanol–water partition coefficient (Wildman–Crippen LogP) is 2.45. The van der Waals surface area contributed by atoms with Crippen molar-refractivity contribution >= 4 is 31.6 Å². The summed E-state index contributed by atoms with van der Waals surface area (Å²) >= 11 is 3.27. The van der Waals surface area contributed by atoms with E-state index < -0.39 is 26.3 Å². The molecule has 0 fully saturated rings. The Balaban J connectivity index is 3.32. The number of carbonyl (C=O) groups is 1. The molecule has 0 heterocycles. The van der Waals surface area contributed by atoms with Crippen molar-refractivity contribution in [3.8, 4) is 6.07 Å². The lowest BCUT2D eigenvalue weighted by atomic mass is 9.89. The molecule has 1 aromatic carbocycles. The van der Waals surface area contributed by atoms with E-state index in [4.69, 9.17) is 0 Å². The van der Waals surface area contributed by atoms with Crippen molar-refractivity contribution in [1.29, 1.82) is 5.26 Å². The monoisotopic (exact) mass is 343 g/mol. The molecule has 0 aliphatic rings. The summed E-state index contributed by atoms with van der Waals surface area (Å²) in [6.45, 7) is 2.65. The standard InChI is InChI=1S/C13H14BrNO3S/c1-13(2,19(3,17)18)12(16)10(8-15)9-6-4-5-7-11(9)14/h4-7,10H,1-3H3. The Morgan fingerprint density at radius 3 is 2.32 bits per heavy atom. The first kappa shape index (κ1) is 15.9. The summed E-state index contributed by atoms with van der Waals surface area (Å²) in [5.41, 5.74) is 0.478. The van der Waals surface area contributed by atoms with Gasteiger partial charge in [-0.25, -0.2) is 8.42 Å². The number of hydrogen-bond donors (Lipinski definition) is 0. The van der Waals surface area contributed by atoms with E-state index in [9.17, 15) is 18.5 Å². The van der Waals surface area contributed by atoms with Gasteiger partial charge in [-0.05, 0) is 25.5 Å². The summed E-state index contributed by atoms with van der Waals surface area (Å²) in [5, 5.41) is 9.22. The highest BCUT2D eigenvalue weighted by atomic mass is 79.9. The maximum absolute atomic E-state index is 12.4. The minimum atomic E-state index is -3.59. The number of Topliss-reactive ketones (excluding diaryl/α,β-unsaturated/α-hetero) is 1. The molecule has 6 heteroatoms. The van der Waals surface area contributed by atoms with Crippen molar-refractivity contribution in [2.45, 2.75) is 24.5 Å². The van der Waals surface area contributed by atoms with Crippen LogP contribution < -0.4 is 0 Å². The van der Waals surface area contributed by atoms with Gasteiger partial charge in [0.15, 0.2) is 15.6 Å². The lowest BCUT2D eigenvalue weighted by Gasteiger charge is -2.24. The van der Waals surface area contributed by atoms with Crippen LogP contribution in [0.5, 0.6) is 0 Å². The molecule has 0 radical (unpaired) electrons. The highest BCUT2D eigenvalue weighted by Crippen LogP contribution is 2.31. The van der Waals surface area contributed by atoms with Crippen LogP contribution >= 0.6 is 15.9 Å². The highest BCUT2D eigenvalue weighted by molar-refractivity contribution is 9.10. The Kier molecular flexibility index (Phi) is 4.54. The summed E-state index contributed by atoms with van der Waals surface area (Å²) in [6, 6.07) is 8.69. The Labute approximate surface area is 121 Å². The number of nitriles is 1. The molecule has 0 aromatic heterocycles. The topological polar surface area (TPSA) is 75.0 Å². The van der Waals surface area contributed by atoms with E-state index in [2.05, 4.69) is 15.9 Å². The van der Waals surface area contributed by atoms with Gasteiger partial charge < -0.3 is 0 Å². The summed E-state index contributed by atoms with van der Waals surface area (Å²) < 4.78 is 22.4. The molecule has 4 nitrogen and oxygen atoms in total. The molecular weight excluding hydrogens is 330 g/mol. The number of nitrogens with zero attached hydrogens (tertiary/aromatic N) is 1. The highest BCUT2D eigenvalue weighted by Gasteiger charge is 2.43. The molecule has 19 heavy (non-hydrogen) atoms. The smallest absolute Gasteiger partial charge is 0.175 e. The molecule has 1 rings (SSSR count). The molecule has 0 bridgehead atoms. The lowest BCUT2D eigenvalue weighted by Crippen LogP contribution is -2.42. The largest absolute Gasteiger partial charge is 0.296 e. The molecule has 0 saturated carbocycles. The number of halogens is 1. The van der Waals surface area contributed by atoms with Crippen molar-refractivity contribution in [3.63, 3.8) is 0 Å². The van der Waals surface area contributed by atoms with Crippen LogP contribution in [0.2, 0.25) is 0 Å². The van der Waals surface area contributed by atoms with Crippen molar-refractivity contribution < 1.29 is 13.2 Å². The third-order valence-corrected chi connectivity index (χ3v) is 5.91. The Morgan fingerprint density at radius 2 is 1.89 bits per heavy atom. The fraction of sp³-hybridized carbons (Fsp3) is 0.385. The molecule has 1 atom stereocenters. The second kappa shape index (κ2) is 5.43. The molecule has 0 N–H and O–H groups in total. The second-order valence-electron chi connectivity index (χ2n) is 4.73. The molecule has 102 valence electrons. The molecule has 0 aliphatic carbocycles. The van der Waals surface area contributed by atoms with Crippen molar-refractivity contribution in [3.05, 3.63) is 34.3 Å². The average molecular weight is 344 g/mol. The van der Waals surface area contributed by atoms with Gasteiger partial charge >= 0.3 is 0 Å². The first-order valence-corrected chi connectivity index (χ1v) is 8.19. The quantitative estimate of drug-likeness (QED) is 0.841. The summed E-state index contributed by atoms with van der Waals surface area (Å²) in [5.74, 6) is -1.73. The van der Waals surface area contributed by atoms with Crippen LogP contribution in [0, 0.1) is 11.3 Å². The van der Waals surface area contributed by atoms with Crippen LogP contribution in [-0.4, -0.2) is 25.2 Å². The minimum absolute atomic E-state index is 0.478. The first-order valence-electron chi connectivity index (χ1n) is 5.51. The van der Waals surface area contributed by atoms with Gasteiger partial charge in [0.2, 0.25) is 0 Å². The van der Waals surface area contributed by atoms with E-state index in [1.54, 1.807) is 24.3 Å². The number of benzene rings is 1. The Bertz CT molecular complexity index is 644. The fourth-order valence-corrected chi connectivity index (χ4v) is 2.51. The Morgan fingerprint density at radius 1 is 1.37 bits per heavy atom. The van der Waals surface area contributed by atoms with Gasteiger partial charge in [0.25, 0.3) is 0 Å². The van der Waals surface area contributed by atoms with Gasteiger partial charge in [0.05, 0.1) is 6.07 Å². The van der Waals surface area contributed by atoms with Crippen LogP contribution in [0.1, 0.15) is 25.3 Å². The third kappa shape index (κ3) is 3.04. The van der Waals surface area contributed by atoms with Crippen LogP contribution in [0.4, 0.5) is 0 Å². The SMILES string of the molecule is CC(C)(C(=O)C(C#N)c1ccccc1Br)S(C)(=O)=O.